The highest BCUT2D eigenvalue weighted by atomic mass is 16.5. The van der Waals surface area contributed by atoms with Gasteiger partial charge < -0.3 is 19.6 Å². The molecule has 4 heteroatoms. The van der Waals surface area contributed by atoms with Gasteiger partial charge in [-0.2, -0.15) is 0 Å². The first-order chi connectivity index (χ1) is 7.74. The fourth-order valence-corrected chi connectivity index (χ4v) is 2.68. The number of aliphatic hydroxyl groups is 1. The molecule has 2 heterocycles. The number of nitrogens with zero attached hydrogens (tertiary/aromatic N) is 2. The maximum Gasteiger partial charge on any atom is 0.0557 e. The van der Waals surface area contributed by atoms with E-state index in [0.717, 1.165) is 45.8 Å². The molecule has 0 bridgehead atoms. The average molecular weight is 228 g/mol. The Morgan fingerprint density at radius 3 is 2.81 bits per heavy atom. The van der Waals surface area contributed by atoms with Gasteiger partial charge in [0.2, 0.25) is 0 Å². The van der Waals surface area contributed by atoms with Crippen LogP contribution in [0.4, 0.5) is 0 Å². The molecule has 0 aromatic rings. The molecule has 94 valence electrons. The molecule has 0 aliphatic carbocycles. The third-order valence-corrected chi connectivity index (χ3v) is 3.89. The molecule has 2 fully saturated rings. The minimum Gasteiger partial charge on any atom is -0.396 e. The van der Waals surface area contributed by atoms with Crippen molar-refractivity contribution in [3.05, 3.63) is 0 Å². The summed E-state index contributed by atoms with van der Waals surface area (Å²) in [6.45, 7) is 7.42. The van der Waals surface area contributed by atoms with Gasteiger partial charge in [-0.05, 0) is 33.0 Å². The molecule has 0 aromatic carbocycles. The zero-order valence-electron chi connectivity index (χ0n) is 10.3. The highest BCUT2D eigenvalue weighted by molar-refractivity contribution is 4.86. The largest absolute Gasteiger partial charge is 0.396 e. The van der Waals surface area contributed by atoms with Crippen molar-refractivity contribution < 1.29 is 9.84 Å². The molecule has 0 spiro atoms. The summed E-state index contributed by atoms with van der Waals surface area (Å²) in [5.41, 5.74) is 0.0168. The fourth-order valence-electron chi connectivity index (χ4n) is 2.68. The summed E-state index contributed by atoms with van der Waals surface area (Å²) in [6.07, 6.45) is 2.24. The lowest BCUT2D eigenvalue weighted by atomic mass is 9.87. The molecule has 0 radical (unpaired) electrons. The highest BCUT2D eigenvalue weighted by Gasteiger charge is 2.36. The van der Waals surface area contributed by atoms with Gasteiger partial charge in [-0.1, -0.05) is 0 Å². The number of rotatable bonds is 3. The Hall–Kier alpha value is -0.160. The predicted molar refractivity (Wildman–Crippen MR) is 63.5 cm³/mol. The molecule has 0 amide bonds. The van der Waals surface area contributed by atoms with Crippen LogP contribution in [0.2, 0.25) is 0 Å². The molecule has 2 saturated heterocycles. The van der Waals surface area contributed by atoms with E-state index in [1.165, 1.54) is 13.0 Å². The number of likely N-dealkylation sites (N-methyl/N-ethyl adjacent to an activating group) is 1. The maximum atomic E-state index is 9.55. The van der Waals surface area contributed by atoms with Crippen LogP contribution in [0.1, 0.15) is 12.8 Å². The number of hydrogen-bond acceptors (Lipinski definition) is 4. The van der Waals surface area contributed by atoms with Crippen LogP contribution in [0.3, 0.4) is 0 Å². The molecule has 2 aliphatic heterocycles. The summed E-state index contributed by atoms with van der Waals surface area (Å²) in [6, 6.07) is 0. The van der Waals surface area contributed by atoms with Gasteiger partial charge in [0.15, 0.2) is 0 Å². The molecular formula is C12H24N2O2. The van der Waals surface area contributed by atoms with E-state index in [2.05, 4.69) is 16.8 Å². The molecule has 1 unspecified atom stereocenters. The standard InChI is InChI=1S/C12H24N2O2/c1-13-4-2-5-14(7-6-13)9-12(10-15)3-8-16-11-12/h15H,2-11H2,1H3. The molecule has 4 nitrogen and oxygen atoms in total. The molecule has 0 aromatic heterocycles. The first-order valence-electron chi connectivity index (χ1n) is 6.34. The Balaban J connectivity index is 1.87. The lowest BCUT2D eigenvalue weighted by Crippen LogP contribution is -2.42. The molecule has 0 saturated carbocycles. The third-order valence-electron chi connectivity index (χ3n) is 3.89. The number of aliphatic hydroxyl groups excluding tert-OH is 1. The van der Waals surface area contributed by atoms with Gasteiger partial charge in [0.1, 0.15) is 0 Å². The van der Waals surface area contributed by atoms with Crippen LogP contribution >= 0.6 is 0 Å². The van der Waals surface area contributed by atoms with Crippen molar-refractivity contribution in [2.45, 2.75) is 12.8 Å². The molecule has 16 heavy (non-hydrogen) atoms. The van der Waals surface area contributed by atoms with Crippen LogP contribution in [-0.2, 0) is 4.74 Å². The third kappa shape index (κ3) is 2.94. The van der Waals surface area contributed by atoms with E-state index < -0.39 is 0 Å². The second-order valence-corrected chi connectivity index (χ2v) is 5.39. The van der Waals surface area contributed by atoms with Gasteiger partial charge >= 0.3 is 0 Å². The normalized spacial score (nSPS) is 34.1. The van der Waals surface area contributed by atoms with Crippen molar-refractivity contribution in [3.63, 3.8) is 0 Å². The van der Waals surface area contributed by atoms with E-state index in [9.17, 15) is 5.11 Å². The van der Waals surface area contributed by atoms with Crippen molar-refractivity contribution in [3.8, 4) is 0 Å². The number of hydrogen-bond donors (Lipinski definition) is 1. The lowest BCUT2D eigenvalue weighted by Gasteiger charge is -2.32. The summed E-state index contributed by atoms with van der Waals surface area (Å²) in [7, 11) is 2.18. The van der Waals surface area contributed by atoms with Gasteiger partial charge in [-0.3, -0.25) is 0 Å². The minimum absolute atomic E-state index is 0.0168. The Morgan fingerprint density at radius 2 is 2.12 bits per heavy atom. The van der Waals surface area contributed by atoms with E-state index in [-0.39, 0.29) is 12.0 Å². The summed E-state index contributed by atoms with van der Waals surface area (Å²) in [5.74, 6) is 0. The van der Waals surface area contributed by atoms with Crippen LogP contribution in [0.15, 0.2) is 0 Å². The Labute approximate surface area is 98.2 Å². The Kier molecular flexibility index (Phi) is 4.19. The Morgan fingerprint density at radius 1 is 1.25 bits per heavy atom. The van der Waals surface area contributed by atoms with Crippen molar-refractivity contribution in [1.29, 1.82) is 0 Å². The predicted octanol–water partition coefficient (Wildman–Crippen LogP) is 0.0229. The van der Waals surface area contributed by atoms with Crippen molar-refractivity contribution >= 4 is 0 Å². The zero-order chi connectivity index (χ0) is 11.4. The van der Waals surface area contributed by atoms with E-state index >= 15 is 0 Å². The SMILES string of the molecule is CN1CCCN(CC2(CO)CCOC2)CC1. The minimum atomic E-state index is 0.0168. The van der Waals surface area contributed by atoms with Crippen LogP contribution < -0.4 is 0 Å². The van der Waals surface area contributed by atoms with Crippen molar-refractivity contribution in [2.24, 2.45) is 5.41 Å². The van der Waals surface area contributed by atoms with E-state index in [1.54, 1.807) is 0 Å². The van der Waals surface area contributed by atoms with Gasteiger partial charge in [-0.15, -0.1) is 0 Å². The summed E-state index contributed by atoms with van der Waals surface area (Å²) in [5, 5.41) is 9.55. The average Bonchev–Trinajstić information content (AvgIpc) is 2.66. The molecular weight excluding hydrogens is 204 g/mol. The molecule has 1 atom stereocenters. The zero-order valence-corrected chi connectivity index (χ0v) is 10.3. The monoisotopic (exact) mass is 228 g/mol. The quantitative estimate of drug-likeness (QED) is 0.739. The van der Waals surface area contributed by atoms with Crippen molar-refractivity contribution in [1.82, 2.24) is 9.80 Å². The smallest absolute Gasteiger partial charge is 0.0557 e. The number of ether oxygens (including phenoxy) is 1. The van der Waals surface area contributed by atoms with Crippen LogP contribution in [-0.4, -0.2) is 74.5 Å². The van der Waals surface area contributed by atoms with Gasteiger partial charge in [0, 0.05) is 31.7 Å². The first-order valence-corrected chi connectivity index (χ1v) is 6.34. The lowest BCUT2D eigenvalue weighted by molar-refractivity contribution is 0.0580. The van der Waals surface area contributed by atoms with Crippen LogP contribution in [0, 0.1) is 5.41 Å². The summed E-state index contributed by atoms with van der Waals surface area (Å²) in [4.78, 5) is 4.88. The first kappa shape index (κ1) is 12.3. The van der Waals surface area contributed by atoms with Gasteiger partial charge in [-0.25, -0.2) is 0 Å². The Bertz CT molecular complexity index is 217. The van der Waals surface area contributed by atoms with E-state index in [4.69, 9.17) is 4.74 Å². The molecule has 1 N–H and O–H groups in total. The fraction of sp³-hybridized carbons (Fsp3) is 1.00. The van der Waals surface area contributed by atoms with E-state index in [0.29, 0.717) is 0 Å². The van der Waals surface area contributed by atoms with Crippen molar-refractivity contribution in [2.75, 3.05) is 59.6 Å². The van der Waals surface area contributed by atoms with Crippen LogP contribution in [0.25, 0.3) is 0 Å². The summed E-state index contributed by atoms with van der Waals surface area (Å²) >= 11 is 0. The highest BCUT2D eigenvalue weighted by Crippen LogP contribution is 2.29. The van der Waals surface area contributed by atoms with E-state index in [1.807, 2.05) is 0 Å². The van der Waals surface area contributed by atoms with Gasteiger partial charge in [0.25, 0.3) is 0 Å². The second-order valence-electron chi connectivity index (χ2n) is 5.39. The topological polar surface area (TPSA) is 35.9 Å². The second kappa shape index (κ2) is 5.45. The summed E-state index contributed by atoms with van der Waals surface area (Å²) < 4.78 is 5.45. The van der Waals surface area contributed by atoms with Crippen LogP contribution in [0.5, 0.6) is 0 Å². The maximum absolute atomic E-state index is 9.55. The molecule has 2 rings (SSSR count). The molecule has 2 aliphatic rings. The van der Waals surface area contributed by atoms with Gasteiger partial charge in [0.05, 0.1) is 13.2 Å².